The van der Waals surface area contributed by atoms with Crippen LogP contribution in [0.3, 0.4) is 0 Å². The van der Waals surface area contributed by atoms with Crippen LogP contribution >= 0.6 is 0 Å². The molecule has 8 heteroatoms. The molecule has 0 aliphatic heterocycles. The minimum absolute atomic E-state index is 0. The van der Waals surface area contributed by atoms with Crippen LogP contribution in [-0.2, 0) is 0 Å². The number of nitrogens with zero attached hydrogens (tertiary/aromatic N) is 1. The zero-order chi connectivity index (χ0) is 23.6. The van der Waals surface area contributed by atoms with E-state index in [0.29, 0.717) is 0 Å². The Morgan fingerprint density at radius 2 is 0.594 bits per heavy atom. The van der Waals surface area contributed by atoms with Crippen molar-refractivity contribution in [2.75, 3.05) is 19.6 Å². The summed E-state index contributed by atoms with van der Waals surface area (Å²) in [4.78, 5) is 2.38. The maximum atomic E-state index is 10.3. The Morgan fingerprint density at radius 1 is 0.438 bits per heavy atom. The van der Waals surface area contributed by atoms with Crippen LogP contribution < -0.4 is 30.6 Å². The SMILES string of the molecule is CCN(CC)CC.[Ge].[O-]c1ccccc1[O-].[O-]c1ccccc1[O-].[O-]c1ccccc1[O-]. The molecule has 0 aliphatic rings. The summed E-state index contributed by atoms with van der Waals surface area (Å²) in [5, 5.41) is 61.8. The van der Waals surface area contributed by atoms with E-state index in [1.165, 1.54) is 56.0 Å². The molecule has 0 amide bonds. The first-order chi connectivity index (χ1) is 14.8. The Kier molecular flexibility index (Phi) is 18.2. The third-order valence-corrected chi connectivity index (χ3v) is 3.89. The zero-order valence-corrected chi connectivity index (χ0v) is 20.5. The van der Waals surface area contributed by atoms with Crippen LogP contribution in [0.4, 0.5) is 0 Å². The molecular weight excluding hydrogens is 471 g/mol. The van der Waals surface area contributed by atoms with Gasteiger partial charge in [-0.15, -0.1) is 34.5 Å². The molecule has 174 valence electrons. The average molecular weight is 498 g/mol. The summed E-state index contributed by atoms with van der Waals surface area (Å²) in [6.45, 7) is 10.1. The fraction of sp³-hybridized carbons (Fsp3) is 0.250. The van der Waals surface area contributed by atoms with Gasteiger partial charge in [-0.1, -0.05) is 93.6 Å². The molecule has 3 aromatic rings. The smallest absolute Gasteiger partial charge is 0 e. The Labute approximate surface area is 200 Å². The van der Waals surface area contributed by atoms with Crippen LogP contribution in [0.1, 0.15) is 20.8 Å². The molecule has 7 nitrogen and oxygen atoms in total. The number of benzene rings is 3. The predicted octanol–water partition coefficient (Wildman–Crippen LogP) is 0.469. The van der Waals surface area contributed by atoms with E-state index in [-0.39, 0.29) is 17.6 Å². The van der Waals surface area contributed by atoms with Crippen molar-refractivity contribution in [1.29, 1.82) is 0 Å². The first-order valence-corrected chi connectivity index (χ1v) is 9.78. The van der Waals surface area contributed by atoms with Gasteiger partial charge in [-0.05, 0) is 19.6 Å². The van der Waals surface area contributed by atoms with Crippen LogP contribution in [0.25, 0.3) is 0 Å². The van der Waals surface area contributed by atoms with Gasteiger partial charge in [0.2, 0.25) is 0 Å². The number of rotatable bonds is 3. The Morgan fingerprint density at radius 3 is 0.656 bits per heavy atom. The summed E-state index contributed by atoms with van der Waals surface area (Å²) in [7, 11) is 0. The molecular formula is C24H27GeNO6-6. The fourth-order valence-corrected chi connectivity index (χ4v) is 2.02. The van der Waals surface area contributed by atoms with Crippen molar-refractivity contribution < 1.29 is 30.6 Å². The van der Waals surface area contributed by atoms with Crippen molar-refractivity contribution in [3.05, 3.63) is 72.8 Å². The summed E-state index contributed by atoms with van der Waals surface area (Å²) in [6.07, 6.45) is 0. The first kappa shape index (κ1) is 31.2. The molecule has 3 rings (SSSR count). The molecule has 0 atom stereocenters. The number of hydrogen-bond donors (Lipinski definition) is 0. The third-order valence-electron chi connectivity index (χ3n) is 3.89. The number of hydrogen-bond acceptors (Lipinski definition) is 7. The molecule has 4 radical (unpaired) electrons. The van der Waals surface area contributed by atoms with E-state index in [1.54, 1.807) is 36.4 Å². The third kappa shape index (κ3) is 14.1. The molecule has 0 N–H and O–H groups in total. The molecule has 32 heavy (non-hydrogen) atoms. The van der Waals surface area contributed by atoms with Crippen molar-refractivity contribution in [2.45, 2.75) is 20.8 Å². The second-order valence-corrected chi connectivity index (χ2v) is 5.96. The molecule has 0 aromatic heterocycles. The Balaban J connectivity index is 0. The molecule has 0 spiro atoms. The maximum absolute atomic E-state index is 10.3. The quantitative estimate of drug-likeness (QED) is 0.478. The summed E-state index contributed by atoms with van der Waals surface area (Å²) < 4.78 is 0. The van der Waals surface area contributed by atoms with Gasteiger partial charge in [0, 0.05) is 17.6 Å². The van der Waals surface area contributed by atoms with Crippen molar-refractivity contribution in [3.63, 3.8) is 0 Å². The second kappa shape index (κ2) is 18.7. The van der Waals surface area contributed by atoms with Crippen molar-refractivity contribution in [3.8, 4) is 34.5 Å². The molecule has 3 aromatic carbocycles. The van der Waals surface area contributed by atoms with Crippen LogP contribution in [0, 0.1) is 0 Å². The van der Waals surface area contributed by atoms with Crippen LogP contribution in [0.2, 0.25) is 0 Å². The predicted molar refractivity (Wildman–Crippen MR) is 115 cm³/mol. The maximum Gasteiger partial charge on any atom is 0 e. The van der Waals surface area contributed by atoms with E-state index >= 15 is 0 Å². The summed E-state index contributed by atoms with van der Waals surface area (Å²) in [5.74, 6) is -2.62. The van der Waals surface area contributed by atoms with Gasteiger partial charge >= 0.3 is 0 Å². The number of para-hydroxylation sites is 6. The van der Waals surface area contributed by atoms with Gasteiger partial charge in [-0.25, -0.2) is 0 Å². The molecule has 0 saturated carbocycles. The van der Waals surface area contributed by atoms with Gasteiger partial charge in [0.1, 0.15) is 0 Å². The van der Waals surface area contributed by atoms with Crippen molar-refractivity contribution in [1.82, 2.24) is 4.90 Å². The van der Waals surface area contributed by atoms with Crippen molar-refractivity contribution in [2.24, 2.45) is 0 Å². The van der Waals surface area contributed by atoms with Gasteiger partial charge in [0.05, 0.1) is 0 Å². The molecule has 0 saturated heterocycles. The van der Waals surface area contributed by atoms with E-state index in [2.05, 4.69) is 25.7 Å². The monoisotopic (exact) mass is 499 g/mol. The van der Waals surface area contributed by atoms with Gasteiger partial charge in [-0.3, -0.25) is 0 Å². The first-order valence-electron chi connectivity index (χ1n) is 9.78. The molecule has 0 heterocycles. The summed E-state index contributed by atoms with van der Waals surface area (Å²) >= 11 is 0. The zero-order valence-electron chi connectivity index (χ0n) is 18.4. The van der Waals surface area contributed by atoms with Crippen molar-refractivity contribution >= 4 is 17.6 Å². The second-order valence-electron chi connectivity index (χ2n) is 5.96. The fourth-order valence-electron chi connectivity index (χ4n) is 2.02. The standard InChI is InChI=1S/C6H15N.3C6H6O2.Ge/c1-4-7(5-2)6-3;3*7-5-3-1-2-4-6(5)8;/h4-6H2,1-3H3;3*1-4,7-8H;/p-6. The van der Waals surface area contributed by atoms with Gasteiger partial charge < -0.3 is 35.5 Å². The molecule has 0 aliphatic carbocycles. The van der Waals surface area contributed by atoms with E-state index < -0.39 is 34.5 Å². The summed E-state index contributed by atoms with van der Waals surface area (Å²) in [6, 6.07) is 16.8. The molecule has 0 unspecified atom stereocenters. The van der Waals surface area contributed by atoms with Gasteiger partial charge in [0.25, 0.3) is 0 Å². The average Bonchev–Trinajstić information content (AvgIpc) is 2.77. The topological polar surface area (TPSA) is 142 Å². The van der Waals surface area contributed by atoms with Crippen LogP contribution in [0.15, 0.2) is 72.8 Å². The summed E-state index contributed by atoms with van der Waals surface area (Å²) in [5.41, 5.74) is 0. The Hall–Kier alpha value is -3.04. The van der Waals surface area contributed by atoms with Crippen LogP contribution in [0.5, 0.6) is 34.5 Å². The molecule has 0 bridgehead atoms. The minimum Gasteiger partial charge on any atom is -0.873 e. The van der Waals surface area contributed by atoms with E-state index in [9.17, 15) is 30.6 Å². The van der Waals surface area contributed by atoms with Gasteiger partial charge in [-0.2, -0.15) is 0 Å². The van der Waals surface area contributed by atoms with Gasteiger partial charge in [0.15, 0.2) is 0 Å². The molecule has 0 fully saturated rings. The minimum atomic E-state index is -0.437. The van der Waals surface area contributed by atoms with E-state index in [1.807, 2.05) is 0 Å². The normalized spacial score (nSPS) is 9.00. The Bertz CT molecular complexity index is 687. The van der Waals surface area contributed by atoms with E-state index in [0.717, 1.165) is 0 Å². The van der Waals surface area contributed by atoms with E-state index in [4.69, 9.17) is 0 Å². The van der Waals surface area contributed by atoms with Crippen LogP contribution in [-0.4, -0.2) is 42.1 Å². The largest absolute Gasteiger partial charge is 0.873 e.